The van der Waals surface area contributed by atoms with Crippen LogP contribution in [0.3, 0.4) is 0 Å². The van der Waals surface area contributed by atoms with Gasteiger partial charge in [-0.3, -0.25) is 9.59 Å². The van der Waals surface area contributed by atoms with Crippen molar-refractivity contribution in [2.45, 2.75) is 322 Å². The van der Waals surface area contributed by atoms with Crippen LogP contribution in [0.25, 0.3) is 0 Å². The number of nitrogens with one attached hydrogen (secondary N) is 1. The van der Waals surface area contributed by atoms with Crippen molar-refractivity contribution in [2.24, 2.45) is 0 Å². The number of hydrogen-bond donors (Lipinski definition) is 3. The van der Waals surface area contributed by atoms with E-state index in [2.05, 4.69) is 38.2 Å². The number of unbranched alkanes of at least 4 members (excludes halogenated alkanes) is 36. The minimum Gasteiger partial charge on any atom is -0.462 e. The second kappa shape index (κ2) is 49.6. The van der Waals surface area contributed by atoms with Gasteiger partial charge in [0.15, 0.2) is 0 Å². The van der Waals surface area contributed by atoms with Gasteiger partial charge in [-0.25, -0.2) is 0 Å². The monoisotopic (exact) mass is 862 g/mol. The summed E-state index contributed by atoms with van der Waals surface area (Å²) < 4.78 is 5.93. The first-order valence-corrected chi connectivity index (χ1v) is 27.4. The van der Waals surface area contributed by atoms with Crippen molar-refractivity contribution in [3.63, 3.8) is 0 Å². The summed E-state index contributed by atoms with van der Waals surface area (Å²) >= 11 is 0. The van der Waals surface area contributed by atoms with Crippen LogP contribution >= 0.6 is 0 Å². The SMILES string of the molecule is CCCCCCCC/C=C/CCCCCCCCCCCC(=O)OC(CCCCCCCCCCC)CC(=O)NC(CO)C(O)CCCCCCCCCCCCCCCC. The molecule has 0 aliphatic heterocycles. The predicted octanol–water partition coefficient (Wildman–Crippen LogP) is 16.5. The maximum atomic E-state index is 13.2. The van der Waals surface area contributed by atoms with Crippen LogP contribution in [0.15, 0.2) is 12.2 Å². The average molecular weight is 862 g/mol. The number of aliphatic hydroxyl groups excluding tert-OH is 2. The van der Waals surface area contributed by atoms with Gasteiger partial charge < -0.3 is 20.3 Å². The number of hydrogen-bond acceptors (Lipinski definition) is 5. The van der Waals surface area contributed by atoms with Crippen LogP contribution in [0.5, 0.6) is 0 Å². The van der Waals surface area contributed by atoms with E-state index in [0.717, 1.165) is 44.9 Å². The predicted molar refractivity (Wildman–Crippen MR) is 264 cm³/mol. The lowest BCUT2D eigenvalue weighted by Gasteiger charge is -2.24. The van der Waals surface area contributed by atoms with E-state index < -0.39 is 18.2 Å². The van der Waals surface area contributed by atoms with Crippen LogP contribution in [-0.4, -0.2) is 46.9 Å². The summed E-state index contributed by atoms with van der Waals surface area (Å²) in [5.74, 6) is -0.459. The molecule has 3 atom stereocenters. The molecule has 0 aromatic rings. The summed E-state index contributed by atoms with van der Waals surface area (Å²) in [7, 11) is 0. The van der Waals surface area contributed by atoms with E-state index in [0.29, 0.717) is 19.3 Å². The normalized spacial score (nSPS) is 13.2. The third-order valence-corrected chi connectivity index (χ3v) is 12.8. The van der Waals surface area contributed by atoms with Crippen molar-refractivity contribution in [2.75, 3.05) is 6.61 Å². The number of carbonyl (C=O) groups is 2. The lowest BCUT2D eigenvalue weighted by molar-refractivity contribution is -0.151. The van der Waals surface area contributed by atoms with Gasteiger partial charge in [-0.1, -0.05) is 251 Å². The highest BCUT2D eigenvalue weighted by Gasteiger charge is 2.24. The second-order valence-electron chi connectivity index (χ2n) is 19.0. The zero-order valence-corrected chi connectivity index (χ0v) is 41.3. The summed E-state index contributed by atoms with van der Waals surface area (Å²) in [4.78, 5) is 26.1. The summed E-state index contributed by atoms with van der Waals surface area (Å²) in [5, 5.41) is 23.8. The van der Waals surface area contributed by atoms with Crippen LogP contribution in [0.2, 0.25) is 0 Å². The fraction of sp³-hybridized carbons (Fsp3) is 0.927. The molecule has 0 spiro atoms. The average Bonchev–Trinajstić information content (AvgIpc) is 3.25. The molecule has 0 rings (SSSR count). The van der Waals surface area contributed by atoms with Crippen LogP contribution in [0.1, 0.15) is 303 Å². The number of allylic oxidation sites excluding steroid dienone is 2. The molecule has 61 heavy (non-hydrogen) atoms. The molecular formula is C55H107NO5. The molecule has 0 aromatic heterocycles. The topological polar surface area (TPSA) is 95.9 Å². The highest BCUT2D eigenvalue weighted by Crippen LogP contribution is 2.19. The zero-order valence-electron chi connectivity index (χ0n) is 41.3. The number of amides is 1. The quantitative estimate of drug-likeness (QED) is 0.0322. The molecule has 362 valence electrons. The molecule has 0 saturated carbocycles. The molecular weight excluding hydrogens is 755 g/mol. The Labute approximate surface area is 380 Å². The minimum atomic E-state index is -0.781. The molecule has 0 heterocycles. The fourth-order valence-electron chi connectivity index (χ4n) is 8.66. The first-order chi connectivity index (χ1) is 30.0. The number of carbonyl (C=O) groups excluding carboxylic acids is 2. The van der Waals surface area contributed by atoms with Crippen molar-refractivity contribution in [1.82, 2.24) is 5.32 Å². The molecule has 6 heteroatoms. The first kappa shape index (κ1) is 59.6. The molecule has 0 bridgehead atoms. The Kier molecular flexibility index (Phi) is 48.5. The van der Waals surface area contributed by atoms with Gasteiger partial charge in [0.05, 0.1) is 25.2 Å². The zero-order chi connectivity index (χ0) is 44.5. The molecule has 0 fully saturated rings. The minimum absolute atomic E-state index is 0.0836. The van der Waals surface area contributed by atoms with Gasteiger partial charge >= 0.3 is 5.97 Å². The summed E-state index contributed by atoms with van der Waals surface area (Å²) in [6.45, 7) is 6.50. The number of ether oxygens (including phenoxy) is 1. The molecule has 3 unspecified atom stereocenters. The van der Waals surface area contributed by atoms with Gasteiger partial charge in [-0.05, 0) is 51.4 Å². The van der Waals surface area contributed by atoms with E-state index in [4.69, 9.17) is 4.74 Å². The molecule has 0 saturated heterocycles. The Morgan fingerprint density at radius 3 is 1.16 bits per heavy atom. The molecule has 6 nitrogen and oxygen atoms in total. The van der Waals surface area contributed by atoms with Crippen LogP contribution in [0, 0.1) is 0 Å². The van der Waals surface area contributed by atoms with E-state index in [1.54, 1.807) is 0 Å². The molecule has 3 N–H and O–H groups in total. The van der Waals surface area contributed by atoms with Gasteiger partial charge in [0.25, 0.3) is 0 Å². The number of esters is 1. The van der Waals surface area contributed by atoms with Gasteiger partial charge in [-0.2, -0.15) is 0 Å². The van der Waals surface area contributed by atoms with E-state index in [-0.39, 0.29) is 24.9 Å². The lowest BCUT2D eigenvalue weighted by Crippen LogP contribution is -2.46. The Morgan fingerprint density at radius 1 is 0.459 bits per heavy atom. The maximum Gasteiger partial charge on any atom is 0.306 e. The van der Waals surface area contributed by atoms with Crippen molar-refractivity contribution in [3.05, 3.63) is 12.2 Å². The van der Waals surface area contributed by atoms with E-state index in [1.807, 2.05) is 0 Å². The molecule has 0 aromatic carbocycles. The second-order valence-corrected chi connectivity index (χ2v) is 19.0. The lowest BCUT2D eigenvalue weighted by atomic mass is 10.0. The van der Waals surface area contributed by atoms with Gasteiger partial charge in [-0.15, -0.1) is 0 Å². The first-order valence-electron chi connectivity index (χ1n) is 27.4. The van der Waals surface area contributed by atoms with Gasteiger partial charge in [0.1, 0.15) is 6.10 Å². The van der Waals surface area contributed by atoms with Crippen LogP contribution < -0.4 is 5.32 Å². The third kappa shape index (κ3) is 45.0. The molecule has 1 amide bonds. The molecule has 0 aliphatic carbocycles. The van der Waals surface area contributed by atoms with E-state index >= 15 is 0 Å². The van der Waals surface area contributed by atoms with Crippen molar-refractivity contribution >= 4 is 11.9 Å². The molecule has 0 radical (unpaired) electrons. The standard InChI is InChI=1S/C55H107NO5/c1-4-7-10-13-16-19-21-23-25-26-27-28-29-31-33-36-39-42-45-48-55(60)61-51(46-43-40-37-34-18-15-12-9-6-3)49-54(59)56-52(50-57)53(58)47-44-41-38-35-32-30-24-22-20-17-14-11-8-5-2/h23,25,51-53,57-58H,4-22,24,26-50H2,1-3H3,(H,56,59)/b25-23+. The van der Waals surface area contributed by atoms with Gasteiger partial charge in [0, 0.05) is 6.42 Å². The highest BCUT2D eigenvalue weighted by molar-refractivity contribution is 5.77. The Bertz CT molecular complexity index is 924. The largest absolute Gasteiger partial charge is 0.462 e. The maximum absolute atomic E-state index is 13.2. The van der Waals surface area contributed by atoms with Crippen LogP contribution in [0.4, 0.5) is 0 Å². The fourth-order valence-corrected chi connectivity index (χ4v) is 8.66. The number of rotatable bonds is 50. The Morgan fingerprint density at radius 2 is 0.787 bits per heavy atom. The van der Waals surface area contributed by atoms with Crippen molar-refractivity contribution < 1.29 is 24.5 Å². The smallest absolute Gasteiger partial charge is 0.306 e. The summed E-state index contributed by atoms with van der Waals surface area (Å²) in [5.41, 5.74) is 0. The number of aliphatic hydroxyl groups is 2. The summed E-state index contributed by atoms with van der Waals surface area (Å²) in [6.07, 6.45) is 55.7. The Hall–Kier alpha value is -1.40. The summed E-state index contributed by atoms with van der Waals surface area (Å²) in [6, 6.07) is -0.694. The Balaban J connectivity index is 4.37. The van der Waals surface area contributed by atoms with Crippen LogP contribution in [-0.2, 0) is 14.3 Å². The van der Waals surface area contributed by atoms with Crippen molar-refractivity contribution in [1.29, 1.82) is 0 Å². The molecule has 0 aliphatic rings. The third-order valence-electron chi connectivity index (χ3n) is 12.8. The van der Waals surface area contributed by atoms with Gasteiger partial charge in [0.2, 0.25) is 5.91 Å². The van der Waals surface area contributed by atoms with Crippen molar-refractivity contribution in [3.8, 4) is 0 Å². The van der Waals surface area contributed by atoms with E-state index in [1.165, 1.54) is 212 Å². The van der Waals surface area contributed by atoms with E-state index in [9.17, 15) is 19.8 Å². The highest BCUT2D eigenvalue weighted by atomic mass is 16.5.